The van der Waals surface area contributed by atoms with Gasteiger partial charge in [0.15, 0.2) is 0 Å². The van der Waals surface area contributed by atoms with Gasteiger partial charge in [0.1, 0.15) is 0 Å². The average molecular weight is 308 g/mol. The number of nitrogens with zero attached hydrogens (tertiary/aromatic N) is 1. The normalized spacial score (nSPS) is 32.0. The predicted octanol–water partition coefficient (Wildman–Crippen LogP) is 3.06. The third-order valence-electron chi connectivity index (χ3n) is 4.91. The molecule has 2 fully saturated rings. The smallest absolute Gasteiger partial charge is 0.226 e. The van der Waals surface area contributed by atoms with E-state index in [9.17, 15) is 9.90 Å². The lowest BCUT2D eigenvalue weighted by Gasteiger charge is -2.37. The second-order valence-corrected chi connectivity index (χ2v) is 6.91. The number of benzene rings is 1. The molecule has 1 aliphatic heterocycles. The number of piperidine rings is 1. The fraction of sp³-hybridized carbons (Fsp3) is 0.588. The number of hydrogen-bond acceptors (Lipinski definition) is 2. The molecule has 1 aliphatic carbocycles. The number of carbonyl (C=O) groups is 1. The van der Waals surface area contributed by atoms with E-state index in [1.807, 2.05) is 23.1 Å². The van der Waals surface area contributed by atoms with Crippen molar-refractivity contribution in [3.63, 3.8) is 0 Å². The lowest BCUT2D eigenvalue weighted by Crippen LogP contribution is -2.47. The minimum Gasteiger partial charge on any atom is -0.396 e. The van der Waals surface area contributed by atoms with Crippen molar-refractivity contribution in [3.05, 3.63) is 34.9 Å². The largest absolute Gasteiger partial charge is 0.396 e. The van der Waals surface area contributed by atoms with Crippen LogP contribution in [0.5, 0.6) is 0 Å². The highest BCUT2D eigenvalue weighted by Crippen LogP contribution is 2.49. The van der Waals surface area contributed by atoms with Crippen molar-refractivity contribution in [3.8, 4) is 0 Å². The second kappa shape index (κ2) is 5.98. The van der Waals surface area contributed by atoms with Gasteiger partial charge in [-0.2, -0.15) is 0 Å². The summed E-state index contributed by atoms with van der Waals surface area (Å²) in [6.45, 7) is 3.00. The molecule has 0 bridgehead atoms. The fourth-order valence-corrected chi connectivity index (χ4v) is 3.62. The molecule has 4 atom stereocenters. The van der Waals surface area contributed by atoms with Gasteiger partial charge < -0.3 is 10.0 Å². The standard InChI is InChI=1S/C17H22ClNO2/c1-11-5-6-12(10-20)9-19(11)17(21)16-8-15(16)13-3-2-4-14(18)7-13/h2-4,7,11-12,15-16,20H,5-6,8-10H2,1H3. The summed E-state index contributed by atoms with van der Waals surface area (Å²) in [6, 6.07) is 8.13. The van der Waals surface area contributed by atoms with Crippen LogP contribution in [-0.2, 0) is 4.79 Å². The van der Waals surface area contributed by atoms with Crippen LogP contribution in [0.2, 0.25) is 5.02 Å². The van der Waals surface area contributed by atoms with Gasteiger partial charge in [0, 0.05) is 30.1 Å². The van der Waals surface area contributed by atoms with Gasteiger partial charge in [-0.05, 0) is 55.7 Å². The highest BCUT2D eigenvalue weighted by molar-refractivity contribution is 6.30. The SMILES string of the molecule is CC1CCC(CO)CN1C(=O)C1CC1c1cccc(Cl)c1. The van der Waals surface area contributed by atoms with Crippen LogP contribution in [0.25, 0.3) is 0 Å². The van der Waals surface area contributed by atoms with Crippen LogP contribution in [0.15, 0.2) is 24.3 Å². The first kappa shape index (κ1) is 14.9. The molecular formula is C17H22ClNO2. The Hall–Kier alpha value is -1.06. The van der Waals surface area contributed by atoms with Gasteiger partial charge >= 0.3 is 0 Å². The number of aliphatic hydroxyl groups is 1. The van der Waals surface area contributed by atoms with E-state index in [1.165, 1.54) is 5.56 Å². The first-order chi connectivity index (χ1) is 10.1. The van der Waals surface area contributed by atoms with E-state index in [2.05, 4.69) is 13.0 Å². The summed E-state index contributed by atoms with van der Waals surface area (Å²) in [7, 11) is 0. The maximum Gasteiger partial charge on any atom is 0.226 e. The van der Waals surface area contributed by atoms with Crippen LogP contribution in [0, 0.1) is 11.8 Å². The molecule has 2 aliphatic rings. The average Bonchev–Trinajstić information content (AvgIpc) is 3.27. The first-order valence-corrected chi connectivity index (χ1v) is 8.14. The molecule has 0 aromatic heterocycles. The van der Waals surface area contributed by atoms with E-state index in [0.29, 0.717) is 18.5 Å². The zero-order valence-corrected chi connectivity index (χ0v) is 13.1. The minimum absolute atomic E-state index is 0.100. The first-order valence-electron chi connectivity index (χ1n) is 7.77. The van der Waals surface area contributed by atoms with Crippen molar-refractivity contribution in [1.82, 2.24) is 4.90 Å². The lowest BCUT2D eigenvalue weighted by molar-refractivity contribution is -0.137. The summed E-state index contributed by atoms with van der Waals surface area (Å²) in [4.78, 5) is 14.7. The molecule has 1 heterocycles. The van der Waals surface area contributed by atoms with Gasteiger partial charge in [0.2, 0.25) is 5.91 Å². The summed E-state index contributed by atoms with van der Waals surface area (Å²) < 4.78 is 0. The van der Waals surface area contributed by atoms with Crippen molar-refractivity contribution >= 4 is 17.5 Å². The molecule has 21 heavy (non-hydrogen) atoms. The number of carbonyl (C=O) groups excluding carboxylic acids is 1. The van der Waals surface area contributed by atoms with Gasteiger partial charge in [-0.1, -0.05) is 23.7 Å². The molecule has 1 saturated heterocycles. The third-order valence-corrected chi connectivity index (χ3v) is 5.14. The van der Waals surface area contributed by atoms with Crippen LogP contribution in [0.3, 0.4) is 0 Å². The Balaban J connectivity index is 1.67. The Morgan fingerprint density at radius 1 is 1.43 bits per heavy atom. The van der Waals surface area contributed by atoms with Gasteiger partial charge in [-0.15, -0.1) is 0 Å². The maximum atomic E-state index is 12.7. The zero-order valence-electron chi connectivity index (χ0n) is 12.3. The minimum atomic E-state index is 0.100. The van der Waals surface area contributed by atoms with Crippen LogP contribution in [0.1, 0.15) is 37.7 Å². The molecule has 1 amide bonds. The van der Waals surface area contributed by atoms with Crippen LogP contribution < -0.4 is 0 Å². The predicted molar refractivity (Wildman–Crippen MR) is 83.3 cm³/mol. The van der Waals surface area contributed by atoms with Gasteiger partial charge in [0.05, 0.1) is 0 Å². The summed E-state index contributed by atoms with van der Waals surface area (Å²) in [5, 5.41) is 10.1. The van der Waals surface area contributed by atoms with Crippen molar-refractivity contribution in [2.24, 2.45) is 11.8 Å². The van der Waals surface area contributed by atoms with E-state index >= 15 is 0 Å². The third kappa shape index (κ3) is 3.09. The van der Waals surface area contributed by atoms with E-state index in [-0.39, 0.29) is 24.3 Å². The number of halogens is 1. The van der Waals surface area contributed by atoms with Crippen LogP contribution >= 0.6 is 11.6 Å². The van der Waals surface area contributed by atoms with E-state index < -0.39 is 0 Å². The molecule has 3 nitrogen and oxygen atoms in total. The highest BCUT2D eigenvalue weighted by Gasteiger charge is 2.47. The molecule has 1 N–H and O–H groups in total. The quantitative estimate of drug-likeness (QED) is 0.932. The molecule has 0 radical (unpaired) electrons. The van der Waals surface area contributed by atoms with Crippen molar-refractivity contribution in [1.29, 1.82) is 0 Å². The number of likely N-dealkylation sites (tertiary alicyclic amines) is 1. The summed E-state index contributed by atoms with van der Waals surface area (Å²) in [6.07, 6.45) is 2.93. The number of amides is 1. The van der Waals surface area contributed by atoms with E-state index in [4.69, 9.17) is 11.6 Å². The Labute approximate surface area is 130 Å². The molecule has 1 aromatic rings. The number of rotatable bonds is 3. The van der Waals surface area contributed by atoms with Crippen LogP contribution in [-0.4, -0.2) is 35.1 Å². The second-order valence-electron chi connectivity index (χ2n) is 6.47. The molecule has 1 saturated carbocycles. The molecule has 1 aromatic carbocycles. The number of hydrogen-bond donors (Lipinski definition) is 1. The Bertz CT molecular complexity index is 533. The van der Waals surface area contributed by atoms with Crippen LogP contribution in [0.4, 0.5) is 0 Å². The maximum absolute atomic E-state index is 12.7. The van der Waals surface area contributed by atoms with E-state index in [0.717, 1.165) is 24.3 Å². The Kier molecular flexibility index (Phi) is 4.23. The van der Waals surface area contributed by atoms with E-state index in [1.54, 1.807) is 0 Å². The van der Waals surface area contributed by atoms with Gasteiger partial charge in [-0.25, -0.2) is 0 Å². The number of aliphatic hydroxyl groups excluding tert-OH is 1. The monoisotopic (exact) mass is 307 g/mol. The zero-order chi connectivity index (χ0) is 15.0. The summed E-state index contributed by atoms with van der Waals surface area (Å²) >= 11 is 6.03. The summed E-state index contributed by atoms with van der Waals surface area (Å²) in [5.74, 6) is 0.917. The summed E-state index contributed by atoms with van der Waals surface area (Å²) in [5.41, 5.74) is 1.17. The Morgan fingerprint density at radius 2 is 2.24 bits per heavy atom. The van der Waals surface area contributed by atoms with Crippen molar-refractivity contribution in [2.75, 3.05) is 13.2 Å². The molecule has 0 spiro atoms. The molecular weight excluding hydrogens is 286 g/mol. The van der Waals surface area contributed by atoms with Crippen molar-refractivity contribution < 1.29 is 9.90 Å². The molecule has 4 unspecified atom stereocenters. The van der Waals surface area contributed by atoms with Gasteiger partial charge in [-0.3, -0.25) is 4.79 Å². The topological polar surface area (TPSA) is 40.5 Å². The fourth-order valence-electron chi connectivity index (χ4n) is 3.42. The van der Waals surface area contributed by atoms with Gasteiger partial charge in [0.25, 0.3) is 0 Å². The molecule has 114 valence electrons. The Morgan fingerprint density at radius 3 is 2.95 bits per heavy atom. The lowest BCUT2D eigenvalue weighted by atomic mass is 9.93. The molecule has 3 rings (SSSR count). The highest BCUT2D eigenvalue weighted by atomic mass is 35.5. The van der Waals surface area contributed by atoms with Crippen molar-refractivity contribution in [2.45, 2.75) is 38.1 Å². The molecule has 4 heteroatoms.